The van der Waals surface area contributed by atoms with Crippen molar-refractivity contribution in [3.8, 4) is 0 Å². The second-order valence-electron chi connectivity index (χ2n) is 6.03. The standard InChI is InChI=1S/C17H20F3S/c1-12-8-9-15-14(10-12)11-16(21(15)17(18,19)20)13-6-4-2-3-5-7-13/h8-11,13H,2-7H2,1H3/q+1. The molecule has 1 aromatic heterocycles. The normalized spacial score (nSPS) is 19.0. The predicted molar refractivity (Wildman–Crippen MR) is 82.9 cm³/mol. The summed E-state index contributed by atoms with van der Waals surface area (Å²) in [6.45, 7) is 1.93. The van der Waals surface area contributed by atoms with Crippen LogP contribution < -0.4 is 0 Å². The average molecular weight is 313 g/mol. The van der Waals surface area contributed by atoms with E-state index in [2.05, 4.69) is 0 Å². The van der Waals surface area contributed by atoms with E-state index >= 15 is 0 Å². The molecule has 1 atom stereocenters. The second kappa shape index (κ2) is 5.64. The average Bonchev–Trinajstić information content (AvgIpc) is 2.59. The molecule has 1 aromatic carbocycles. The predicted octanol–water partition coefficient (Wildman–Crippen LogP) is 6.81. The van der Waals surface area contributed by atoms with Gasteiger partial charge in [0.25, 0.3) is 0 Å². The van der Waals surface area contributed by atoms with E-state index in [-0.39, 0.29) is 5.92 Å². The number of alkyl halides is 3. The minimum Gasteiger partial charge on any atom is -0.118 e. The zero-order chi connectivity index (χ0) is 15.0. The van der Waals surface area contributed by atoms with Crippen LogP contribution in [0.15, 0.2) is 24.3 Å². The topological polar surface area (TPSA) is 0 Å². The summed E-state index contributed by atoms with van der Waals surface area (Å²) >= 11 is 0. The lowest BCUT2D eigenvalue weighted by Gasteiger charge is -2.10. The van der Waals surface area contributed by atoms with Crippen molar-refractivity contribution in [3.63, 3.8) is 0 Å². The third-order valence-electron chi connectivity index (χ3n) is 4.41. The molecule has 3 rings (SSSR count). The first-order chi connectivity index (χ1) is 9.97. The highest BCUT2D eigenvalue weighted by Crippen LogP contribution is 2.54. The van der Waals surface area contributed by atoms with Gasteiger partial charge in [-0.1, -0.05) is 37.3 Å². The van der Waals surface area contributed by atoms with Crippen LogP contribution in [-0.4, -0.2) is 0 Å². The fourth-order valence-corrected chi connectivity index (χ4v) is 5.55. The highest BCUT2D eigenvalue weighted by molar-refractivity contribution is 7.38. The van der Waals surface area contributed by atoms with Gasteiger partial charge in [0.2, 0.25) is 0 Å². The molecule has 0 radical (unpaired) electrons. The summed E-state index contributed by atoms with van der Waals surface area (Å²) in [6.07, 6.45) is 6.28. The van der Waals surface area contributed by atoms with Gasteiger partial charge in [-0.25, -0.2) is 0 Å². The van der Waals surface area contributed by atoms with E-state index in [1.807, 2.05) is 19.1 Å². The Kier molecular flexibility index (Phi) is 4.00. The van der Waals surface area contributed by atoms with Crippen molar-refractivity contribution >= 4 is 20.6 Å². The number of thiophene rings is 1. The first-order valence-electron chi connectivity index (χ1n) is 7.60. The Balaban J connectivity index is 2.15. The maximum atomic E-state index is 13.6. The van der Waals surface area contributed by atoms with E-state index in [1.54, 1.807) is 12.1 Å². The third-order valence-corrected chi connectivity index (χ3v) is 6.60. The van der Waals surface area contributed by atoms with Crippen LogP contribution in [0.4, 0.5) is 13.2 Å². The Morgan fingerprint density at radius 3 is 2.29 bits per heavy atom. The van der Waals surface area contributed by atoms with E-state index < -0.39 is 16.0 Å². The molecule has 1 aliphatic rings. The van der Waals surface area contributed by atoms with E-state index in [1.165, 1.54) is 0 Å². The van der Waals surface area contributed by atoms with Gasteiger partial charge < -0.3 is 0 Å². The van der Waals surface area contributed by atoms with Crippen molar-refractivity contribution in [2.24, 2.45) is 0 Å². The van der Waals surface area contributed by atoms with Gasteiger partial charge in [0.15, 0.2) is 9.58 Å². The Hall–Kier alpha value is -1.03. The van der Waals surface area contributed by atoms with Gasteiger partial charge in [-0.05, 0) is 31.9 Å². The number of fused-ring (bicyclic) bond motifs is 1. The fourth-order valence-electron chi connectivity index (χ4n) is 3.41. The monoisotopic (exact) mass is 313 g/mol. The summed E-state index contributed by atoms with van der Waals surface area (Å²) in [7, 11) is -1.71. The van der Waals surface area contributed by atoms with Gasteiger partial charge in [0, 0.05) is 17.4 Å². The largest absolute Gasteiger partial charge is 0.600 e. The minimum atomic E-state index is -4.15. The molecule has 0 nitrogen and oxygen atoms in total. The van der Waals surface area contributed by atoms with Crippen LogP contribution in [-0.2, 0) is 5.51 Å². The highest BCUT2D eigenvalue weighted by atomic mass is 32.2. The number of rotatable bonds is 1. The number of benzene rings is 1. The van der Waals surface area contributed by atoms with Crippen molar-refractivity contribution in [1.29, 1.82) is 0 Å². The van der Waals surface area contributed by atoms with Crippen LogP contribution in [0.5, 0.6) is 0 Å². The number of halogens is 3. The van der Waals surface area contributed by atoms with Gasteiger partial charge in [0.05, 0.1) is 10.5 Å². The molecule has 21 heavy (non-hydrogen) atoms. The van der Waals surface area contributed by atoms with Crippen molar-refractivity contribution in [1.82, 2.24) is 0 Å². The lowest BCUT2D eigenvalue weighted by Crippen LogP contribution is -2.02. The Bertz CT molecular complexity index is 631. The van der Waals surface area contributed by atoms with Gasteiger partial charge in [0.1, 0.15) is 0 Å². The molecule has 0 saturated heterocycles. The molecule has 2 aromatic rings. The first-order valence-corrected chi connectivity index (χ1v) is 8.82. The van der Waals surface area contributed by atoms with Crippen LogP contribution in [0, 0.1) is 6.92 Å². The summed E-state index contributed by atoms with van der Waals surface area (Å²) in [5, 5.41) is 0.787. The summed E-state index contributed by atoms with van der Waals surface area (Å²) in [5.41, 5.74) is -3.13. The molecule has 0 aliphatic heterocycles. The fraction of sp³-hybridized carbons (Fsp3) is 0.529. The summed E-state index contributed by atoms with van der Waals surface area (Å²) in [5.74, 6) is 0.116. The second-order valence-corrected chi connectivity index (χ2v) is 8.01. The maximum Gasteiger partial charge on any atom is 0.600 e. The Morgan fingerprint density at radius 2 is 1.67 bits per heavy atom. The van der Waals surface area contributed by atoms with Gasteiger partial charge in [-0.3, -0.25) is 0 Å². The molecule has 1 saturated carbocycles. The lowest BCUT2D eigenvalue weighted by molar-refractivity contribution is -0.0868. The molecule has 0 bridgehead atoms. The SMILES string of the molecule is Cc1ccc2c(c1)cc(C1CCCCCC1)[s+]2C(F)(F)F. The molecule has 4 heteroatoms. The summed E-state index contributed by atoms with van der Waals surface area (Å²) in [4.78, 5) is 0.644. The van der Waals surface area contributed by atoms with Crippen LogP contribution in [0.3, 0.4) is 0 Å². The van der Waals surface area contributed by atoms with E-state index in [0.717, 1.165) is 49.5 Å². The van der Waals surface area contributed by atoms with Crippen LogP contribution in [0.1, 0.15) is 54.9 Å². The van der Waals surface area contributed by atoms with Crippen molar-refractivity contribution in [3.05, 3.63) is 34.7 Å². The van der Waals surface area contributed by atoms with Crippen molar-refractivity contribution in [2.75, 3.05) is 0 Å². The van der Waals surface area contributed by atoms with Crippen molar-refractivity contribution in [2.45, 2.75) is 56.9 Å². The maximum absolute atomic E-state index is 13.6. The molecule has 114 valence electrons. The molecule has 0 spiro atoms. The summed E-state index contributed by atoms with van der Waals surface area (Å²) in [6, 6.07) is 7.22. The molecule has 0 amide bonds. The minimum absolute atomic E-state index is 0.116. The van der Waals surface area contributed by atoms with Gasteiger partial charge >= 0.3 is 5.51 Å². The zero-order valence-corrected chi connectivity index (χ0v) is 13.0. The summed E-state index contributed by atoms with van der Waals surface area (Å²) < 4.78 is 41.3. The molecule has 1 heterocycles. The molecular formula is C17H20F3S+. The molecule has 1 unspecified atom stereocenters. The molecule has 0 N–H and O–H groups in total. The quantitative estimate of drug-likeness (QED) is 0.400. The molecule has 1 aliphatic carbocycles. The van der Waals surface area contributed by atoms with Gasteiger partial charge in [-0.2, -0.15) is 0 Å². The number of hydrogen-bond acceptors (Lipinski definition) is 0. The zero-order valence-electron chi connectivity index (χ0n) is 12.2. The smallest absolute Gasteiger partial charge is 0.118 e. The van der Waals surface area contributed by atoms with Crippen LogP contribution >= 0.6 is 10.5 Å². The molecular weight excluding hydrogens is 293 g/mol. The van der Waals surface area contributed by atoms with E-state index in [4.69, 9.17) is 0 Å². The molecule has 1 fully saturated rings. The van der Waals surface area contributed by atoms with Crippen molar-refractivity contribution < 1.29 is 13.2 Å². The van der Waals surface area contributed by atoms with Gasteiger partial charge in [-0.15, -0.1) is 13.2 Å². The third kappa shape index (κ3) is 2.96. The highest BCUT2D eigenvalue weighted by Gasteiger charge is 2.49. The van der Waals surface area contributed by atoms with E-state index in [0.29, 0.717) is 9.58 Å². The van der Waals surface area contributed by atoms with E-state index in [9.17, 15) is 13.2 Å². The number of aryl methyl sites for hydroxylation is 1. The van der Waals surface area contributed by atoms with Crippen LogP contribution in [0.25, 0.3) is 10.1 Å². The number of hydrogen-bond donors (Lipinski definition) is 0. The van der Waals surface area contributed by atoms with Crippen LogP contribution in [0.2, 0.25) is 0 Å². The Labute approximate surface area is 125 Å². The Morgan fingerprint density at radius 1 is 1.00 bits per heavy atom. The first kappa shape index (κ1) is 14.9. The lowest BCUT2D eigenvalue weighted by atomic mass is 9.98.